The Morgan fingerprint density at radius 2 is 2.06 bits per heavy atom. The monoisotopic (exact) mass is 240 g/mol. The van der Waals surface area contributed by atoms with Gasteiger partial charge in [0, 0.05) is 17.8 Å². The van der Waals surface area contributed by atoms with Crippen LogP contribution in [0.3, 0.4) is 0 Å². The topological polar surface area (TPSA) is 24.9 Å². The number of nitrogens with zero attached hydrogens (tertiary/aromatic N) is 1. The lowest BCUT2D eigenvalue weighted by Gasteiger charge is -2.17. The molecule has 0 aliphatic carbocycles. The molecule has 0 amide bonds. The third-order valence-corrected chi connectivity index (χ3v) is 3.62. The van der Waals surface area contributed by atoms with E-state index in [4.69, 9.17) is 0 Å². The van der Waals surface area contributed by atoms with E-state index in [9.17, 15) is 0 Å². The Bertz CT molecular complexity index is 310. The van der Waals surface area contributed by atoms with E-state index in [2.05, 4.69) is 50.3 Å². The SMILES string of the molecule is CC(C)c1nc(CNCCC(C)(C)C)cs1. The van der Waals surface area contributed by atoms with Gasteiger partial charge in [-0.25, -0.2) is 4.98 Å². The first-order chi connectivity index (χ1) is 7.38. The van der Waals surface area contributed by atoms with Crippen LogP contribution in [-0.4, -0.2) is 11.5 Å². The molecule has 1 heterocycles. The molecular formula is C13H24N2S. The summed E-state index contributed by atoms with van der Waals surface area (Å²) in [6.45, 7) is 13.2. The van der Waals surface area contributed by atoms with Gasteiger partial charge < -0.3 is 5.32 Å². The molecule has 0 saturated carbocycles. The molecule has 1 aromatic heterocycles. The second-order valence-electron chi connectivity index (χ2n) is 5.82. The molecule has 1 aromatic rings. The van der Waals surface area contributed by atoms with E-state index in [1.54, 1.807) is 11.3 Å². The van der Waals surface area contributed by atoms with Gasteiger partial charge in [0.1, 0.15) is 0 Å². The molecule has 0 atom stereocenters. The summed E-state index contributed by atoms with van der Waals surface area (Å²) in [7, 11) is 0. The Labute approximate surface area is 103 Å². The van der Waals surface area contributed by atoms with Crippen molar-refractivity contribution in [1.82, 2.24) is 10.3 Å². The molecule has 0 bridgehead atoms. The van der Waals surface area contributed by atoms with Crippen LogP contribution in [-0.2, 0) is 6.54 Å². The van der Waals surface area contributed by atoms with Crippen LogP contribution in [0.2, 0.25) is 0 Å². The highest BCUT2D eigenvalue weighted by molar-refractivity contribution is 7.09. The zero-order valence-electron chi connectivity index (χ0n) is 11.1. The van der Waals surface area contributed by atoms with Crippen LogP contribution in [0.25, 0.3) is 0 Å². The zero-order chi connectivity index (χ0) is 12.2. The zero-order valence-corrected chi connectivity index (χ0v) is 11.9. The normalized spacial score (nSPS) is 12.4. The second kappa shape index (κ2) is 5.78. The number of hydrogen-bond donors (Lipinski definition) is 1. The second-order valence-corrected chi connectivity index (χ2v) is 6.71. The van der Waals surface area contributed by atoms with E-state index in [1.807, 2.05) is 0 Å². The van der Waals surface area contributed by atoms with Crippen LogP contribution in [0.4, 0.5) is 0 Å². The average Bonchev–Trinajstić information content (AvgIpc) is 2.59. The van der Waals surface area contributed by atoms with Crippen LogP contribution < -0.4 is 5.32 Å². The average molecular weight is 240 g/mol. The van der Waals surface area contributed by atoms with Crippen molar-refractivity contribution in [3.63, 3.8) is 0 Å². The molecule has 0 aromatic carbocycles. The lowest BCUT2D eigenvalue weighted by atomic mass is 9.92. The van der Waals surface area contributed by atoms with Gasteiger partial charge in [-0.1, -0.05) is 34.6 Å². The largest absolute Gasteiger partial charge is 0.311 e. The maximum atomic E-state index is 4.60. The van der Waals surface area contributed by atoms with E-state index in [0.29, 0.717) is 11.3 Å². The fourth-order valence-electron chi connectivity index (χ4n) is 1.35. The third-order valence-electron chi connectivity index (χ3n) is 2.42. The quantitative estimate of drug-likeness (QED) is 0.792. The van der Waals surface area contributed by atoms with E-state index >= 15 is 0 Å². The molecule has 3 heteroatoms. The van der Waals surface area contributed by atoms with Crippen molar-refractivity contribution in [1.29, 1.82) is 0 Å². The summed E-state index contributed by atoms with van der Waals surface area (Å²) >= 11 is 1.77. The summed E-state index contributed by atoms with van der Waals surface area (Å²) in [5.74, 6) is 0.549. The number of thiazole rings is 1. The fourth-order valence-corrected chi connectivity index (χ4v) is 2.18. The lowest BCUT2D eigenvalue weighted by Crippen LogP contribution is -2.20. The summed E-state index contributed by atoms with van der Waals surface area (Å²) in [6, 6.07) is 0. The highest BCUT2D eigenvalue weighted by Gasteiger charge is 2.09. The number of hydrogen-bond acceptors (Lipinski definition) is 3. The van der Waals surface area contributed by atoms with Crippen LogP contribution in [0.5, 0.6) is 0 Å². The molecular weight excluding hydrogens is 216 g/mol. The minimum absolute atomic E-state index is 0.415. The number of nitrogens with one attached hydrogen (secondary N) is 1. The Morgan fingerprint density at radius 3 is 2.56 bits per heavy atom. The molecule has 1 rings (SSSR count). The van der Waals surface area contributed by atoms with Gasteiger partial charge in [-0.05, 0) is 18.4 Å². The molecule has 0 aliphatic rings. The molecule has 0 fully saturated rings. The van der Waals surface area contributed by atoms with Crippen molar-refractivity contribution < 1.29 is 0 Å². The summed E-state index contributed by atoms with van der Waals surface area (Å²) in [5, 5.41) is 6.86. The number of rotatable bonds is 5. The van der Waals surface area contributed by atoms with Crippen molar-refractivity contribution in [2.24, 2.45) is 5.41 Å². The maximum absolute atomic E-state index is 4.60. The lowest BCUT2D eigenvalue weighted by molar-refractivity contribution is 0.366. The Morgan fingerprint density at radius 1 is 1.38 bits per heavy atom. The third kappa shape index (κ3) is 5.08. The van der Waals surface area contributed by atoms with Crippen molar-refractivity contribution in [3.05, 3.63) is 16.1 Å². The minimum atomic E-state index is 0.415. The minimum Gasteiger partial charge on any atom is -0.311 e. The first-order valence-corrected chi connectivity index (χ1v) is 6.91. The van der Waals surface area contributed by atoms with Crippen LogP contribution >= 0.6 is 11.3 Å². The predicted molar refractivity (Wildman–Crippen MR) is 72.0 cm³/mol. The number of aromatic nitrogens is 1. The van der Waals surface area contributed by atoms with Crippen molar-refractivity contribution >= 4 is 11.3 Å². The van der Waals surface area contributed by atoms with Gasteiger partial charge in [0.25, 0.3) is 0 Å². The van der Waals surface area contributed by atoms with Gasteiger partial charge in [-0.2, -0.15) is 0 Å². The molecule has 2 nitrogen and oxygen atoms in total. The van der Waals surface area contributed by atoms with E-state index in [0.717, 1.165) is 13.1 Å². The van der Waals surface area contributed by atoms with Crippen molar-refractivity contribution in [2.75, 3.05) is 6.54 Å². The van der Waals surface area contributed by atoms with Gasteiger partial charge in [-0.15, -0.1) is 11.3 Å². The molecule has 1 N–H and O–H groups in total. The van der Waals surface area contributed by atoms with E-state index in [-0.39, 0.29) is 0 Å². The highest BCUT2D eigenvalue weighted by Crippen LogP contribution is 2.19. The van der Waals surface area contributed by atoms with Gasteiger partial charge >= 0.3 is 0 Å². The van der Waals surface area contributed by atoms with E-state index < -0.39 is 0 Å². The van der Waals surface area contributed by atoms with Gasteiger partial charge in [0.15, 0.2) is 0 Å². The van der Waals surface area contributed by atoms with Crippen LogP contribution in [0.15, 0.2) is 5.38 Å². The first kappa shape index (κ1) is 13.7. The molecule has 16 heavy (non-hydrogen) atoms. The molecule has 92 valence electrons. The molecule has 0 saturated heterocycles. The Kier molecular flexibility index (Phi) is 4.93. The van der Waals surface area contributed by atoms with E-state index in [1.165, 1.54) is 17.1 Å². The van der Waals surface area contributed by atoms with Gasteiger partial charge in [-0.3, -0.25) is 0 Å². The summed E-state index contributed by atoms with van der Waals surface area (Å²) in [4.78, 5) is 4.60. The molecule has 0 unspecified atom stereocenters. The van der Waals surface area contributed by atoms with Crippen molar-refractivity contribution in [2.45, 2.75) is 53.5 Å². The molecule has 0 radical (unpaired) electrons. The fraction of sp³-hybridized carbons (Fsp3) is 0.769. The molecule has 0 aliphatic heterocycles. The van der Waals surface area contributed by atoms with Crippen LogP contribution in [0, 0.1) is 5.41 Å². The molecule has 0 spiro atoms. The van der Waals surface area contributed by atoms with Gasteiger partial charge in [0.2, 0.25) is 0 Å². The first-order valence-electron chi connectivity index (χ1n) is 6.03. The van der Waals surface area contributed by atoms with Gasteiger partial charge in [0.05, 0.1) is 10.7 Å². The smallest absolute Gasteiger partial charge is 0.0954 e. The summed E-state index contributed by atoms with van der Waals surface area (Å²) < 4.78 is 0. The Balaban J connectivity index is 2.27. The van der Waals surface area contributed by atoms with Crippen LogP contribution in [0.1, 0.15) is 57.7 Å². The predicted octanol–water partition coefficient (Wildman–Crippen LogP) is 3.79. The summed E-state index contributed by atoms with van der Waals surface area (Å²) in [5.41, 5.74) is 1.60. The maximum Gasteiger partial charge on any atom is 0.0954 e. The Hall–Kier alpha value is -0.410. The standard InChI is InChI=1S/C13H24N2S/c1-10(2)12-15-11(9-16-12)8-14-7-6-13(3,4)5/h9-10,14H,6-8H2,1-5H3. The highest BCUT2D eigenvalue weighted by atomic mass is 32.1. The summed E-state index contributed by atoms with van der Waals surface area (Å²) in [6.07, 6.45) is 1.20. The van der Waals surface area contributed by atoms with Crippen molar-refractivity contribution in [3.8, 4) is 0 Å².